The monoisotopic (exact) mass is 269 g/mol. The van der Waals surface area contributed by atoms with Gasteiger partial charge in [-0.25, -0.2) is 0 Å². The van der Waals surface area contributed by atoms with E-state index in [1.165, 1.54) is 0 Å². The molecule has 0 saturated heterocycles. The second-order valence-electron chi connectivity index (χ2n) is 5.80. The molecule has 0 atom stereocenters. The molecule has 0 heterocycles. The zero-order valence-corrected chi connectivity index (χ0v) is 12.0. The van der Waals surface area contributed by atoms with Crippen molar-refractivity contribution >= 4 is 11.6 Å². The Balaban J connectivity index is 2.25. The molecule has 2 aromatic carbocycles. The summed E-state index contributed by atoms with van der Waals surface area (Å²) in [5, 5.41) is 12.8. The van der Waals surface area contributed by atoms with Crippen LogP contribution < -0.4 is 5.32 Å². The van der Waals surface area contributed by atoms with E-state index in [1.54, 1.807) is 24.3 Å². The first-order valence-corrected chi connectivity index (χ1v) is 6.58. The average Bonchev–Trinajstić information content (AvgIpc) is 2.40. The highest BCUT2D eigenvalue weighted by Gasteiger charge is 2.18. The van der Waals surface area contributed by atoms with Gasteiger partial charge in [-0.1, -0.05) is 39.0 Å². The molecular weight excluding hydrogens is 250 g/mol. The molecule has 1 amide bonds. The van der Waals surface area contributed by atoms with Gasteiger partial charge in [-0.05, 0) is 35.7 Å². The molecule has 0 radical (unpaired) electrons. The molecule has 0 aliphatic heterocycles. The van der Waals surface area contributed by atoms with Gasteiger partial charge in [-0.3, -0.25) is 4.79 Å². The Kier molecular flexibility index (Phi) is 3.79. The highest BCUT2D eigenvalue weighted by atomic mass is 16.3. The summed E-state index contributed by atoms with van der Waals surface area (Å²) in [6.45, 7) is 6.06. The molecule has 0 unspecified atom stereocenters. The molecular formula is C17H19NO2. The van der Waals surface area contributed by atoms with Crippen LogP contribution in [0.1, 0.15) is 36.7 Å². The maximum absolute atomic E-state index is 12.1. The van der Waals surface area contributed by atoms with E-state index in [0.717, 1.165) is 5.56 Å². The van der Waals surface area contributed by atoms with E-state index in [1.807, 2.05) is 45.0 Å². The van der Waals surface area contributed by atoms with Crippen molar-refractivity contribution in [2.75, 3.05) is 5.32 Å². The third kappa shape index (κ3) is 3.18. The summed E-state index contributed by atoms with van der Waals surface area (Å²) in [6, 6.07) is 14.2. The quantitative estimate of drug-likeness (QED) is 0.811. The van der Waals surface area contributed by atoms with Gasteiger partial charge in [0.2, 0.25) is 0 Å². The molecule has 0 fully saturated rings. The largest absolute Gasteiger partial charge is 0.508 e. The average molecular weight is 269 g/mol. The van der Waals surface area contributed by atoms with E-state index < -0.39 is 0 Å². The van der Waals surface area contributed by atoms with Crippen molar-refractivity contribution in [2.24, 2.45) is 0 Å². The van der Waals surface area contributed by atoms with Gasteiger partial charge >= 0.3 is 0 Å². The third-order valence-corrected chi connectivity index (χ3v) is 3.10. The Bertz CT molecular complexity index is 613. The van der Waals surface area contributed by atoms with Crippen LogP contribution in [0.5, 0.6) is 5.75 Å². The molecule has 104 valence electrons. The van der Waals surface area contributed by atoms with Gasteiger partial charge in [-0.2, -0.15) is 0 Å². The van der Waals surface area contributed by atoms with Crippen LogP contribution in [0, 0.1) is 0 Å². The zero-order valence-electron chi connectivity index (χ0n) is 12.0. The molecule has 3 nitrogen and oxygen atoms in total. The molecule has 0 aliphatic rings. The van der Waals surface area contributed by atoms with Gasteiger partial charge < -0.3 is 10.4 Å². The summed E-state index contributed by atoms with van der Waals surface area (Å²) in [5.41, 5.74) is 1.92. The van der Waals surface area contributed by atoms with Crippen LogP contribution in [0.3, 0.4) is 0 Å². The Morgan fingerprint density at radius 3 is 2.30 bits per heavy atom. The second-order valence-corrected chi connectivity index (χ2v) is 5.80. The van der Waals surface area contributed by atoms with Crippen LogP contribution in [0.4, 0.5) is 5.69 Å². The smallest absolute Gasteiger partial charge is 0.255 e. The number of amides is 1. The maximum Gasteiger partial charge on any atom is 0.255 e. The number of phenolic OH excluding ortho intramolecular Hbond substituents is 1. The summed E-state index contributed by atoms with van der Waals surface area (Å²) < 4.78 is 0. The standard InChI is InChI=1S/C17H19NO2/c1-17(2,3)14-11-13(9-10-15(14)19)18-16(20)12-7-5-4-6-8-12/h4-11,19H,1-3H3,(H,18,20). The number of hydrogen-bond donors (Lipinski definition) is 2. The first-order chi connectivity index (χ1) is 9.38. The lowest BCUT2D eigenvalue weighted by Gasteiger charge is -2.21. The van der Waals surface area contributed by atoms with E-state index in [9.17, 15) is 9.90 Å². The number of phenols is 1. The van der Waals surface area contributed by atoms with E-state index in [2.05, 4.69) is 5.32 Å². The number of benzene rings is 2. The molecule has 0 spiro atoms. The number of hydrogen-bond acceptors (Lipinski definition) is 2. The Labute approximate surface area is 119 Å². The van der Waals surface area contributed by atoms with Gasteiger partial charge in [0.05, 0.1) is 0 Å². The minimum Gasteiger partial charge on any atom is -0.508 e. The number of rotatable bonds is 2. The fraction of sp³-hybridized carbons (Fsp3) is 0.235. The summed E-state index contributed by atoms with van der Waals surface area (Å²) in [4.78, 5) is 12.1. The molecule has 3 heteroatoms. The molecule has 0 bridgehead atoms. The van der Waals surface area contributed by atoms with Gasteiger partial charge in [0.15, 0.2) is 0 Å². The molecule has 0 saturated carbocycles. The van der Waals surface area contributed by atoms with Crippen molar-refractivity contribution in [1.82, 2.24) is 0 Å². The molecule has 2 N–H and O–H groups in total. The molecule has 0 aliphatic carbocycles. The fourth-order valence-electron chi connectivity index (χ4n) is 2.01. The molecule has 2 aromatic rings. The van der Waals surface area contributed by atoms with Crippen molar-refractivity contribution in [2.45, 2.75) is 26.2 Å². The first-order valence-electron chi connectivity index (χ1n) is 6.58. The van der Waals surface area contributed by atoms with E-state index in [0.29, 0.717) is 11.3 Å². The van der Waals surface area contributed by atoms with Crippen molar-refractivity contribution in [1.29, 1.82) is 0 Å². The van der Waals surface area contributed by atoms with Gasteiger partial charge in [0.25, 0.3) is 5.91 Å². The number of anilines is 1. The normalized spacial score (nSPS) is 11.2. The van der Waals surface area contributed by atoms with Gasteiger partial charge in [-0.15, -0.1) is 0 Å². The number of carbonyl (C=O) groups excluding carboxylic acids is 1. The maximum atomic E-state index is 12.1. The first kappa shape index (κ1) is 14.1. The van der Waals surface area contributed by atoms with Gasteiger partial charge in [0, 0.05) is 16.8 Å². The minimum absolute atomic E-state index is 0.156. The highest BCUT2D eigenvalue weighted by molar-refractivity contribution is 6.04. The summed E-state index contributed by atoms with van der Waals surface area (Å²) in [5.74, 6) is 0.0892. The lowest BCUT2D eigenvalue weighted by Crippen LogP contribution is -2.14. The number of aromatic hydroxyl groups is 1. The van der Waals surface area contributed by atoms with Crippen LogP contribution in [0.2, 0.25) is 0 Å². The second kappa shape index (κ2) is 5.37. The minimum atomic E-state index is -0.183. The summed E-state index contributed by atoms with van der Waals surface area (Å²) in [6.07, 6.45) is 0. The number of nitrogens with one attached hydrogen (secondary N) is 1. The van der Waals surface area contributed by atoms with Gasteiger partial charge in [0.1, 0.15) is 5.75 Å². The van der Waals surface area contributed by atoms with Crippen molar-refractivity contribution < 1.29 is 9.90 Å². The summed E-state index contributed by atoms with van der Waals surface area (Å²) in [7, 11) is 0. The zero-order chi connectivity index (χ0) is 14.8. The Morgan fingerprint density at radius 1 is 1.05 bits per heavy atom. The predicted octanol–water partition coefficient (Wildman–Crippen LogP) is 3.94. The van der Waals surface area contributed by atoms with E-state index in [-0.39, 0.29) is 17.1 Å². The van der Waals surface area contributed by atoms with Crippen LogP contribution in [-0.4, -0.2) is 11.0 Å². The van der Waals surface area contributed by atoms with Crippen LogP contribution in [0.25, 0.3) is 0 Å². The highest BCUT2D eigenvalue weighted by Crippen LogP contribution is 2.32. The topological polar surface area (TPSA) is 49.3 Å². The summed E-state index contributed by atoms with van der Waals surface area (Å²) >= 11 is 0. The van der Waals surface area contributed by atoms with Crippen LogP contribution in [-0.2, 0) is 5.41 Å². The Morgan fingerprint density at radius 2 is 1.70 bits per heavy atom. The SMILES string of the molecule is CC(C)(C)c1cc(NC(=O)c2ccccc2)ccc1O. The lowest BCUT2D eigenvalue weighted by atomic mass is 9.86. The molecule has 2 rings (SSSR count). The Hall–Kier alpha value is -2.29. The van der Waals surface area contributed by atoms with E-state index in [4.69, 9.17) is 0 Å². The molecule has 20 heavy (non-hydrogen) atoms. The molecule has 0 aromatic heterocycles. The van der Waals surface area contributed by atoms with Crippen molar-refractivity contribution in [3.63, 3.8) is 0 Å². The fourth-order valence-corrected chi connectivity index (χ4v) is 2.01. The van der Waals surface area contributed by atoms with Crippen LogP contribution >= 0.6 is 0 Å². The van der Waals surface area contributed by atoms with Crippen molar-refractivity contribution in [3.8, 4) is 5.75 Å². The number of carbonyl (C=O) groups is 1. The third-order valence-electron chi connectivity index (χ3n) is 3.10. The lowest BCUT2D eigenvalue weighted by molar-refractivity contribution is 0.102. The predicted molar refractivity (Wildman–Crippen MR) is 81.2 cm³/mol. The van der Waals surface area contributed by atoms with E-state index >= 15 is 0 Å². The van der Waals surface area contributed by atoms with Crippen molar-refractivity contribution in [3.05, 3.63) is 59.7 Å². The van der Waals surface area contributed by atoms with Crippen LogP contribution in [0.15, 0.2) is 48.5 Å².